The van der Waals surface area contributed by atoms with Crippen LogP contribution in [0.15, 0.2) is 17.3 Å². The van der Waals surface area contributed by atoms with E-state index in [9.17, 15) is 13.5 Å². The smallest absolute Gasteiger partial charge is 0.243 e. The van der Waals surface area contributed by atoms with Crippen LogP contribution in [-0.4, -0.2) is 36.0 Å². The van der Waals surface area contributed by atoms with Crippen LogP contribution in [0.4, 0.5) is 0 Å². The largest absolute Gasteiger partial charge is 0.393 e. The van der Waals surface area contributed by atoms with Crippen molar-refractivity contribution in [1.29, 1.82) is 0 Å². The van der Waals surface area contributed by atoms with Crippen LogP contribution >= 0.6 is 0 Å². The molecule has 0 unspecified atom stereocenters. The quantitative estimate of drug-likeness (QED) is 0.823. The summed E-state index contributed by atoms with van der Waals surface area (Å²) in [6, 6.07) is 0. The fourth-order valence-corrected chi connectivity index (χ4v) is 3.30. The summed E-state index contributed by atoms with van der Waals surface area (Å²) < 4.78 is 28.0. The zero-order chi connectivity index (χ0) is 13.2. The maximum Gasteiger partial charge on any atom is 0.243 e. The van der Waals surface area contributed by atoms with Gasteiger partial charge in [0.25, 0.3) is 0 Å². The first-order valence-corrected chi connectivity index (χ1v) is 7.62. The molecule has 7 heteroatoms. The van der Waals surface area contributed by atoms with E-state index in [2.05, 4.69) is 9.82 Å². The van der Waals surface area contributed by atoms with Gasteiger partial charge in [-0.3, -0.25) is 4.68 Å². The van der Waals surface area contributed by atoms with Crippen molar-refractivity contribution in [3.63, 3.8) is 0 Å². The third kappa shape index (κ3) is 3.30. The summed E-state index contributed by atoms with van der Waals surface area (Å²) in [6.45, 7) is 0.434. The molecule has 0 radical (unpaired) electrons. The van der Waals surface area contributed by atoms with E-state index in [4.69, 9.17) is 0 Å². The van der Waals surface area contributed by atoms with Gasteiger partial charge in [0.05, 0.1) is 12.3 Å². The number of hydrogen-bond acceptors (Lipinski definition) is 4. The number of hydrogen-bond donors (Lipinski definition) is 2. The van der Waals surface area contributed by atoms with E-state index >= 15 is 0 Å². The molecule has 1 aromatic heterocycles. The van der Waals surface area contributed by atoms with E-state index in [1.165, 1.54) is 17.1 Å². The Balaban J connectivity index is 1.90. The lowest BCUT2D eigenvalue weighted by atomic mass is 9.88. The number of nitrogens with one attached hydrogen (secondary N) is 1. The van der Waals surface area contributed by atoms with Gasteiger partial charge in [0, 0.05) is 19.8 Å². The molecule has 102 valence electrons. The SMILES string of the molecule is Cn1cc(S(=O)(=O)NCC2CCC(O)CC2)cn1. The zero-order valence-electron chi connectivity index (χ0n) is 10.4. The molecule has 1 aromatic rings. The summed E-state index contributed by atoms with van der Waals surface area (Å²) in [7, 11) is -1.77. The van der Waals surface area contributed by atoms with Crippen LogP contribution in [0.5, 0.6) is 0 Å². The maximum atomic E-state index is 11.9. The molecule has 2 N–H and O–H groups in total. The van der Waals surface area contributed by atoms with Crippen LogP contribution in [0.2, 0.25) is 0 Å². The van der Waals surface area contributed by atoms with Gasteiger partial charge in [0.15, 0.2) is 0 Å². The molecule has 2 rings (SSSR count). The molecule has 1 aliphatic rings. The number of aromatic nitrogens is 2. The number of sulfonamides is 1. The molecule has 0 atom stereocenters. The van der Waals surface area contributed by atoms with E-state index in [1.54, 1.807) is 7.05 Å². The molecule has 0 amide bonds. The Hall–Kier alpha value is -0.920. The molecule has 0 spiro atoms. The van der Waals surface area contributed by atoms with Gasteiger partial charge < -0.3 is 5.11 Å². The Bertz CT molecular complexity index is 489. The first kappa shape index (κ1) is 13.5. The molecular weight excluding hydrogens is 254 g/mol. The predicted octanol–water partition coefficient (Wildman–Crippen LogP) is 0.249. The minimum absolute atomic E-state index is 0.195. The minimum Gasteiger partial charge on any atom is -0.393 e. The third-order valence-corrected chi connectivity index (χ3v) is 4.75. The van der Waals surface area contributed by atoms with Crippen molar-refractivity contribution in [3.05, 3.63) is 12.4 Å². The summed E-state index contributed by atoms with van der Waals surface area (Å²) in [6.07, 6.45) is 5.88. The topological polar surface area (TPSA) is 84.2 Å². The van der Waals surface area contributed by atoms with E-state index < -0.39 is 10.0 Å². The Morgan fingerprint density at radius 1 is 1.44 bits per heavy atom. The summed E-state index contributed by atoms with van der Waals surface area (Å²) in [5, 5.41) is 13.2. The van der Waals surface area contributed by atoms with Crippen molar-refractivity contribution in [1.82, 2.24) is 14.5 Å². The first-order valence-electron chi connectivity index (χ1n) is 6.14. The molecule has 0 aromatic carbocycles. The van der Waals surface area contributed by atoms with E-state index in [-0.39, 0.29) is 11.0 Å². The van der Waals surface area contributed by atoms with Crippen LogP contribution in [0.1, 0.15) is 25.7 Å². The molecule has 6 nitrogen and oxygen atoms in total. The molecule has 18 heavy (non-hydrogen) atoms. The molecule has 0 saturated heterocycles. The van der Waals surface area contributed by atoms with E-state index in [0.717, 1.165) is 25.7 Å². The van der Waals surface area contributed by atoms with Gasteiger partial charge in [-0.2, -0.15) is 5.10 Å². The monoisotopic (exact) mass is 273 g/mol. The Labute approximate surface area is 107 Å². The molecule has 1 fully saturated rings. The maximum absolute atomic E-state index is 11.9. The van der Waals surface area contributed by atoms with Crippen molar-refractivity contribution >= 4 is 10.0 Å². The van der Waals surface area contributed by atoms with Crippen LogP contribution in [0.25, 0.3) is 0 Å². The summed E-state index contributed by atoms with van der Waals surface area (Å²) in [4.78, 5) is 0.195. The molecule has 1 heterocycles. The van der Waals surface area contributed by atoms with Crippen molar-refractivity contribution < 1.29 is 13.5 Å². The van der Waals surface area contributed by atoms with Crippen LogP contribution in [0, 0.1) is 5.92 Å². The lowest BCUT2D eigenvalue weighted by Gasteiger charge is -2.25. The average molecular weight is 273 g/mol. The van der Waals surface area contributed by atoms with Gasteiger partial charge in [-0.05, 0) is 31.6 Å². The normalized spacial score (nSPS) is 25.2. The Morgan fingerprint density at radius 2 is 2.11 bits per heavy atom. The number of nitrogens with zero attached hydrogens (tertiary/aromatic N) is 2. The Morgan fingerprint density at radius 3 is 2.67 bits per heavy atom. The number of aliphatic hydroxyl groups is 1. The zero-order valence-corrected chi connectivity index (χ0v) is 11.2. The van der Waals surface area contributed by atoms with Crippen molar-refractivity contribution in [3.8, 4) is 0 Å². The summed E-state index contributed by atoms with van der Waals surface area (Å²) in [5.74, 6) is 0.319. The second-order valence-corrected chi connectivity index (χ2v) is 6.64. The fraction of sp³-hybridized carbons (Fsp3) is 0.727. The Kier molecular flexibility index (Phi) is 4.04. The third-order valence-electron chi connectivity index (χ3n) is 3.37. The van der Waals surface area contributed by atoms with Crippen LogP contribution in [0.3, 0.4) is 0 Å². The minimum atomic E-state index is -3.45. The van der Waals surface area contributed by atoms with E-state index in [1.807, 2.05) is 0 Å². The standard InChI is InChI=1S/C11H19N3O3S/c1-14-8-11(7-12-14)18(16,17)13-6-9-2-4-10(15)5-3-9/h7-10,13,15H,2-6H2,1H3. The first-order chi connectivity index (χ1) is 8.47. The lowest BCUT2D eigenvalue weighted by Crippen LogP contribution is -2.32. The fourth-order valence-electron chi connectivity index (χ4n) is 2.20. The van der Waals surface area contributed by atoms with Crippen LogP contribution < -0.4 is 4.72 Å². The van der Waals surface area contributed by atoms with Crippen molar-refractivity contribution in [2.24, 2.45) is 13.0 Å². The number of rotatable bonds is 4. The van der Waals surface area contributed by atoms with Crippen LogP contribution in [-0.2, 0) is 17.1 Å². The highest BCUT2D eigenvalue weighted by Crippen LogP contribution is 2.23. The van der Waals surface area contributed by atoms with Gasteiger partial charge in [-0.15, -0.1) is 0 Å². The van der Waals surface area contributed by atoms with Gasteiger partial charge in [0.2, 0.25) is 10.0 Å². The second kappa shape index (κ2) is 5.38. The number of aliphatic hydroxyl groups excluding tert-OH is 1. The highest BCUT2D eigenvalue weighted by Gasteiger charge is 2.22. The molecule has 0 aliphatic heterocycles. The lowest BCUT2D eigenvalue weighted by molar-refractivity contribution is 0.109. The van der Waals surface area contributed by atoms with Gasteiger partial charge in [0.1, 0.15) is 4.90 Å². The highest BCUT2D eigenvalue weighted by atomic mass is 32.2. The molecule has 1 saturated carbocycles. The average Bonchev–Trinajstić information content (AvgIpc) is 2.76. The molecule has 0 bridgehead atoms. The summed E-state index contributed by atoms with van der Waals surface area (Å²) >= 11 is 0. The van der Waals surface area contributed by atoms with Crippen molar-refractivity contribution in [2.45, 2.75) is 36.7 Å². The van der Waals surface area contributed by atoms with Gasteiger partial charge in [-0.1, -0.05) is 0 Å². The number of aryl methyl sites for hydroxylation is 1. The predicted molar refractivity (Wildman–Crippen MR) is 66.4 cm³/mol. The van der Waals surface area contributed by atoms with Crippen molar-refractivity contribution in [2.75, 3.05) is 6.54 Å². The highest BCUT2D eigenvalue weighted by molar-refractivity contribution is 7.89. The molecule has 1 aliphatic carbocycles. The van der Waals surface area contributed by atoms with Gasteiger partial charge >= 0.3 is 0 Å². The second-order valence-electron chi connectivity index (χ2n) is 4.88. The summed E-state index contributed by atoms with van der Waals surface area (Å²) in [5.41, 5.74) is 0. The van der Waals surface area contributed by atoms with Gasteiger partial charge in [-0.25, -0.2) is 13.1 Å². The van der Waals surface area contributed by atoms with E-state index in [0.29, 0.717) is 12.5 Å². The molecular formula is C11H19N3O3S.